The Labute approximate surface area is 224 Å². The standard InChI is InChI=1S/C26H27Cl2N5O4/c27-19-14-17(24(34)30-6-1-8-32-10-12-37-13-11-32)15-20(28)22(19)26(36)33-9-5-18-21(33)4-7-29-23(18)31-25(35)16-2-3-16/h4-5,7,9,14-16H,1-3,6,8,10-13H2,(H,30,34)(H,29,31,35). The van der Waals surface area contributed by atoms with E-state index in [-0.39, 0.29) is 38.9 Å². The lowest BCUT2D eigenvalue weighted by atomic mass is 10.1. The molecule has 1 aliphatic heterocycles. The van der Waals surface area contributed by atoms with Crippen LogP contribution in [0.25, 0.3) is 10.9 Å². The molecule has 0 bridgehead atoms. The van der Waals surface area contributed by atoms with Crippen LogP contribution in [0.3, 0.4) is 0 Å². The van der Waals surface area contributed by atoms with Gasteiger partial charge < -0.3 is 15.4 Å². The first kappa shape index (κ1) is 25.7. The van der Waals surface area contributed by atoms with Crippen LogP contribution in [0.4, 0.5) is 5.82 Å². The van der Waals surface area contributed by atoms with E-state index in [1.807, 2.05) is 0 Å². The zero-order chi connectivity index (χ0) is 25.9. The molecule has 1 saturated carbocycles. The summed E-state index contributed by atoms with van der Waals surface area (Å²) in [7, 11) is 0. The average molecular weight is 544 g/mol. The number of anilines is 1. The third kappa shape index (κ3) is 5.80. The van der Waals surface area contributed by atoms with Crippen molar-refractivity contribution in [3.8, 4) is 0 Å². The lowest BCUT2D eigenvalue weighted by molar-refractivity contribution is -0.117. The Bertz CT molecular complexity index is 1320. The molecule has 0 spiro atoms. The summed E-state index contributed by atoms with van der Waals surface area (Å²) >= 11 is 12.9. The number of amides is 2. The second-order valence-electron chi connectivity index (χ2n) is 9.23. The second-order valence-corrected chi connectivity index (χ2v) is 10.0. The van der Waals surface area contributed by atoms with Crippen LogP contribution in [0.2, 0.25) is 10.0 Å². The van der Waals surface area contributed by atoms with Gasteiger partial charge >= 0.3 is 0 Å². The number of morpholine rings is 1. The van der Waals surface area contributed by atoms with Crippen molar-refractivity contribution in [1.82, 2.24) is 19.8 Å². The number of carbonyl (C=O) groups is 3. The maximum absolute atomic E-state index is 13.4. The van der Waals surface area contributed by atoms with Crippen molar-refractivity contribution < 1.29 is 19.1 Å². The smallest absolute Gasteiger partial charge is 0.265 e. The van der Waals surface area contributed by atoms with E-state index in [0.717, 1.165) is 52.1 Å². The molecule has 5 rings (SSSR count). The van der Waals surface area contributed by atoms with E-state index in [4.69, 9.17) is 27.9 Å². The maximum atomic E-state index is 13.4. The normalized spacial score (nSPS) is 16.1. The molecule has 37 heavy (non-hydrogen) atoms. The largest absolute Gasteiger partial charge is 0.379 e. The van der Waals surface area contributed by atoms with Crippen molar-refractivity contribution in [2.75, 3.05) is 44.7 Å². The number of hydrogen-bond donors (Lipinski definition) is 2. The minimum Gasteiger partial charge on any atom is -0.379 e. The molecule has 2 N–H and O–H groups in total. The molecule has 9 nitrogen and oxygen atoms in total. The predicted molar refractivity (Wildman–Crippen MR) is 141 cm³/mol. The minimum atomic E-state index is -0.451. The van der Waals surface area contributed by atoms with Gasteiger partial charge in [0.05, 0.1) is 34.3 Å². The Morgan fingerprint density at radius 2 is 1.81 bits per heavy atom. The van der Waals surface area contributed by atoms with Crippen molar-refractivity contribution in [3.63, 3.8) is 0 Å². The van der Waals surface area contributed by atoms with Crippen LogP contribution < -0.4 is 10.6 Å². The molecule has 3 heterocycles. The van der Waals surface area contributed by atoms with E-state index >= 15 is 0 Å². The molecule has 0 unspecified atom stereocenters. The van der Waals surface area contributed by atoms with Gasteiger partial charge in [0.25, 0.3) is 11.8 Å². The molecule has 1 aliphatic carbocycles. The van der Waals surface area contributed by atoms with E-state index in [1.54, 1.807) is 18.3 Å². The minimum absolute atomic E-state index is 0.0267. The highest BCUT2D eigenvalue weighted by atomic mass is 35.5. The number of pyridine rings is 1. The van der Waals surface area contributed by atoms with Crippen LogP contribution in [0, 0.1) is 5.92 Å². The average Bonchev–Trinajstić information content (AvgIpc) is 3.65. The van der Waals surface area contributed by atoms with Gasteiger partial charge in [-0.25, -0.2) is 4.98 Å². The lowest BCUT2D eigenvalue weighted by Crippen LogP contribution is -2.38. The second kappa shape index (κ2) is 11.2. The highest BCUT2D eigenvalue weighted by Crippen LogP contribution is 2.32. The van der Waals surface area contributed by atoms with Gasteiger partial charge in [-0.15, -0.1) is 0 Å². The topological polar surface area (TPSA) is 106 Å². The van der Waals surface area contributed by atoms with Gasteiger partial charge in [-0.2, -0.15) is 0 Å². The third-order valence-corrected chi connectivity index (χ3v) is 7.18. The molecule has 3 aromatic rings. The van der Waals surface area contributed by atoms with Crippen molar-refractivity contribution in [2.45, 2.75) is 19.3 Å². The first-order valence-corrected chi connectivity index (χ1v) is 13.1. The van der Waals surface area contributed by atoms with Crippen LogP contribution in [0.15, 0.2) is 36.7 Å². The molecule has 1 aromatic carbocycles. The number of ether oxygens (including phenoxy) is 1. The maximum Gasteiger partial charge on any atom is 0.265 e. The third-order valence-electron chi connectivity index (χ3n) is 6.58. The predicted octanol–water partition coefficient (Wildman–Crippen LogP) is 3.83. The fourth-order valence-electron chi connectivity index (χ4n) is 4.37. The number of hydrogen-bond acceptors (Lipinski definition) is 6. The van der Waals surface area contributed by atoms with E-state index < -0.39 is 5.91 Å². The Balaban J connectivity index is 1.28. The number of fused-ring (bicyclic) bond motifs is 1. The van der Waals surface area contributed by atoms with Crippen molar-refractivity contribution >= 4 is 57.6 Å². The molecule has 0 atom stereocenters. The highest BCUT2D eigenvalue weighted by Gasteiger charge is 2.30. The number of aromatic nitrogens is 2. The summed E-state index contributed by atoms with van der Waals surface area (Å²) in [6, 6.07) is 6.29. The monoisotopic (exact) mass is 543 g/mol. The molecule has 11 heteroatoms. The van der Waals surface area contributed by atoms with Crippen molar-refractivity contribution in [3.05, 3.63) is 57.8 Å². The molecule has 2 fully saturated rings. The number of carbonyl (C=O) groups excluding carboxylic acids is 3. The quantitative estimate of drug-likeness (QED) is 0.418. The van der Waals surface area contributed by atoms with Crippen LogP contribution in [0.1, 0.15) is 40.0 Å². The summed E-state index contributed by atoms with van der Waals surface area (Å²) < 4.78 is 6.75. The summed E-state index contributed by atoms with van der Waals surface area (Å²) in [6.45, 7) is 4.67. The molecule has 2 aliphatic rings. The summed E-state index contributed by atoms with van der Waals surface area (Å²) in [5.74, 6) is -0.399. The number of nitrogens with one attached hydrogen (secondary N) is 2. The van der Waals surface area contributed by atoms with Crippen LogP contribution in [-0.4, -0.2) is 71.6 Å². The molecule has 1 saturated heterocycles. The van der Waals surface area contributed by atoms with E-state index in [2.05, 4.69) is 20.5 Å². The first-order valence-electron chi connectivity index (χ1n) is 12.3. The zero-order valence-corrected chi connectivity index (χ0v) is 21.6. The SMILES string of the molecule is O=C(NCCCN1CCOCC1)c1cc(Cl)c(C(=O)n2ccc3c(NC(=O)C4CC4)nccc32)c(Cl)c1. The number of benzene rings is 1. The Morgan fingerprint density at radius 3 is 2.51 bits per heavy atom. The van der Waals surface area contributed by atoms with E-state index in [1.165, 1.54) is 22.9 Å². The van der Waals surface area contributed by atoms with E-state index in [0.29, 0.717) is 23.3 Å². The summed E-state index contributed by atoms with van der Waals surface area (Å²) in [4.78, 5) is 44.9. The summed E-state index contributed by atoms with van der Waals surface area (Å²) in [5, 5.41) is 6.51. The molecular weight excluding hydrogens is 517 g/mol. The molecule has 2 aromatic heterocycles. The summed E-state index contributed by atoms with van der Waals surface area (Å²) in [5.41, 5.74) is 0.926. The first-order chi connectivity index (χ1) is 17.9. The highest BCUT2D eigenvalue weighted by molar-refractivity contribution is 6.40. The lowest BCUT2D eigenvalue weighted by Gasteiger charge is -2.26. The fraction of sp³-hybridized carbons (Fsp3) is 0.385. The number of halogens is 2. The molecule has 0 radical (unpaired) electrons. The number of rotatable bonds is 8. The zero-order valence-electron chi connectivity index (χ0n) is 20.1. The van der Waals surface area contributed by atoms with Gasteiger partial charge in [0.2, 0.25) is 5.91 Å². The van der Waals surface area contributed by atoms with Gasteiger partial charge in [-0.1, -0.05) is 23.2 Å². The molecule has 194 valence electrons. The molecule has 2 amide bonds. The molecular formula is C26H27Cl2N5O4. The van der Waals surface area contributed by atoms with Gasteiger partial charge in [0, 0.05) is 48.9 Å². The summed E-state index contributed by atoms with van der Waals surface area (Å²) in [6.07, 6.45) is 5.68. The van der Waals surface area contributed by atoms with Gasteiger partial charge in [0.15, 0.2) is 0 Å². The Morgan fingerprint density at radius 1 is 1.08 bits per heavy atom. The Kier molecular flexibility index (Phi) is 7.76. The van der Waals surface area contributed by atoms with Crippen molar-refractivity contribution in [1.29, 1.82) is 0 Å². The van der Waals surface area contributed by atoms with Crippen LogP contribution >= 0.6 is 23.2 Å². The van der Waals surface area contributed by atoms with Crippen LogP contribution in [0.5, 0.6) is 0 Å². The van der Waals surface area contributed by atoms with E-state index in [9.17, 15) is 14.4 Å². The number of nitrogens with zero attached hydrogens (tertiary/aromatic N) is 3. The van der Waals surface area contributed by atoms with Gasteiger partial charge in [-0.05, 0) is 50.1 Å². The van der Waals surface area contributed by atoms with Gasteiger partial charge in [-0.3, -0.25) is 23.9 Å². The fourth-order valence-corrected chi connectivity index (χ4v) is 5.02. The van der Waals surface area contributed by atoms with Crippen LogP contribution in [-0.2, 0) is 9.53 Å². The Hall–Kier alpha value is -2.98. The van der Waals surface area contributed by atoms with Gasteiger partial charge in [0.1, 0.15) is 5.82 Å². The van der Waals surface area contributed by atoms with Crippen molar-refractivity contribution in [2.24, 2.45) is 5.92 Å².